The molecule has 4 nitrogen and oxygen atoms in total. The van der Waals surface area contributed by atoms with Crippen LogP contribution in [0.3, 0.4) is 0 Å². The Morgan fingerprint density at radius 1 is 1.06 bits per heavy atom. The average Bonchev–Trinajstić information content (AvgIpc) is 3.09. The average molecular weight is 418 g/mol. The lowest BCUT2D eigenvalue weighted by molar-refractivity contribution is -0.0365. The van der Waals surface area contributed by atoms with Crippen molar-refractivity contribution in [2.45, 2.75) is 51.1 Å². The molecule has 2 unspecified atom stereocenters. The third-order valence-electron chi connectivity index (χ3n) is 6.87. The van der Waals surface area contributed by atoms with Gasteiger partial charge in [0.15, 0.2) is 0 Å². The highest BCUT2D eigenvalue weighted by Crippen LogP contribution is 2.44. The van der Waals surface area contributed by atoms with E-state index in [-0.39, 0.29) is 24.1 Å². The van der Waals surface area contributed by atoms with Crippen molar-refractivity contribution in [1.82, 2.24) is 4.90 Å². The standard InChI is InChI=1S/C27H31NO3/c1-18(2)11-12-19-13-20-15-30-16-21(14-19)28(20)27(29)31-17-26-24-9-5-3-7-22(24)23-8-4-6-10-25(23)26/h3-10,13,18,20-21,26H,11-12,14-17H2,1-2H3. The zero-order chi connectivity index (χ0) is 21.4. The number of ether oxygens (including phenoxy) is 2. The van der Waals surface area contributed by atoms with Gasteiger partial charge in [0.05, 0.1) is 25.3 Å². The highest BCUT2D eigenvalue weighted by molar-refractivity contribution is 5.79. The summed E-state index contributed by atoms with van der Waals surface area (Å²) >= 11 is 0. The largest absolute Gasteiger partial charge is 0.448 e. The zero-order valence-corrected chi connectivity index (χ0v) is 18.4. The molecule has 0 radical (unpaired) electrons. The Balaban J connectivity index is 1.30. The first-order valence-corrected chi connectivity index (χ1v) is 11.5. The quantitative estimate of drug-likeness (QED) is 0.580. The summed E-state index contributed by atoms with van der Waals surface area (Å²) < 4.78 is 11.7. The van der Waals surface area contributed by atoms with E-state index in [2.05, 4.69) is 68.5 Å². The third-order valence-corrected chi connectivity index (χ3v) is 6.87. The predicted octanol–water partition coefficient (Wildman–Crippen LogP) is 5.77. The van der Waals surface area contributed by atoms with Gasteiger partial charge in [-0.1, -0.05) is 74.0 Å². The molecule has 0 N–H and O–H groups in total. The van der Waals surface area contributed by atoms with E-state index in [0.717, 1.165) is 12.8 Å². The summed E-state index contributed by atoms with van der Waals surface area (Å²) in [6, 6.07) is 17.0. The van der Waals surface area contributed by atoms with Crippen molar-refractivity contribution in [2.24, 2.45) is 5.92 Å². The Kier molecular flexibility index (Phi) is 5.58. The van der Waals surface area contributed by atoms with Gasteiger partial charge in [0, 0.05) is 5.92 Å². The van der Waals surface area contributed by atoms with Crippen molar-refractivity contribution < 1.29 is 14.3 Å². The van der Waals surface area contributed by atoms with Crippen LogP contribution < -0.4 is 0 Å². The maximum absolute atomic E-state index is 13.2. The van der Waals surface area contributed by atoms with E-state index in [9.17, 15) is 4.79 Å². The summed E-state index contributed by atoms with van der Waals surface area (Å²) in [6.45, 7) is 6.05. The molecule has 31 heavy (non-hydrogen) atoms. The van der Waals surface area contributed by atoms with E-state index >= 15 is 0 Å². The van der Waals surface area contributed by atoms with Crippen molar-refractivity contribution >= 4 is 6.09 Å². The lowest BCUT2D eigenvalue weighted by Gasteiger charge is -2.44. The molecule has 2 atom stereocenters. The number of hydrogen-bond acceptors (Lipinski definition) is 3. The molecule has 162 valence electrons. The first-order valence-electron chi connectivity index (χ1n) is 11.5. The number of benzene rings is 2. The van der Waals surface area contributed by atoms with E-state index in [0.29, 0.717) is 25.7 Å². The second-order valence-electron chi connectivity index (χ2n) is 9.43. The minimum Gasteiger partial charge on any atom is -0.448 e. The van der Waals surface area contributed by atoms with E-state index in [1.807, 2.05) is 4.90 Å². The molecule has 2 bridgehead atoms. The molecule has 5 rings (SSSR count). The minimum atomic E-state index is -0.209. The Morgan fingerprint density at radius 3 is 2.39 bits per heavy atom. The molecular formula is C27H31NO3. The molecule has 2 aromatic carbocycles. The van der Waals surface area contributed by atoms with Gasteiger partial charge in [0.25, 0.3) is 0 Å². The Morgan fingerprint density at radius 2 is 1.74 bits per heavy atom. The van der Waals surface area contributed by atoms with E-state index in [1.165, 1.54) is 34.2 Å². The Bertz CT molecular complexity index is 950. The summed E-state index contributed by atoms with van der Waals surface area (Å²) in [6.07, 6.45) is 5.24. The normalized spacial score (nSPS) is 22.2. The fourth-order valence-electron chi connectivity index (χ4n) is 5.30. The number of morpholine rings is 1. The van der Waals surface area contributed by atoms with Gasteiger partial charge in [0.1, 0.15) is 6.61 Å². The molecule has 2 aliphatic heterocycles. The molecular weight excluding hydrogens is 386 g/mol. The van der Waals surface area contributed by atoms with Gasteiger partial charge >= 0.3 is 6.09 Å². The van der Waals surface area contributed by atoms with Crippen molar-refractivity contribution in [2.75, 3.05) is 19.8 Å². The number of amides is 1. The van der Waals surface area contributed by atoms with Gasteiger partial charge in [0.2, 0.25) is 0 Å². The van der Waals surface area contributed by atoms with Crippen LogP contribution in [-0.2, 0) is 9.47 Å². The number of hydrogen-bond donors (Lipinski definition) is 0. The molecule has 0 saturated carbocycles. The van der Waals surface area contributed by atoms with Crippen LogP contribution in [0.25, 0.3) is 11.1 Å². The van der Waals surface area contributed by atoms with Crippen LogP contribution >= 0.6 is 0 Å². The fraction of sp³-hybridized carbons (Fsp3) is 0.444. The van der Waals surface area contributed by atoms with Gasteiger partial charge in [-0.15, -0.1) is 0 Å². The minimum absolute atomic E-state index is 0.00897. The lowest BCUT2D eigenvalue weighted by Crippen LogP contribution is -2.56. The maximum Gasteiger partial charge on any atom is 0.410 e. The van der Waals surface area contributed by atoms with E-state index in [1.54, 1.807) is 0 Å². The number of rotatable bonds is 5. The SMILES string of the molecule is CC(C)CCC1=CC2COCC(C1)N2C(=O)OCC1c2ccccc2-c2ccccc21. The van der Waals surface area contributed by atoms with Gasteiger partial charge in [-0.05, 0) is 47.4 Å². The van der Waals surface area contributed by atoms with Crippen LogP contribution in [-0.4, -0.2) is 42.9 Å². The summed E-state index contributed by atoms with van der Waals surface area (Å²) in [4.78, 5) is 15.1. The summed E-state index contributed by atoms with van der Waals surface area (Å²) in [7, 11) is 0. The number of fused-ring (bicyclic) bond motifs is 5. The van der Waals surface area contributed by atoms with Crippen LogP contribution in [0.2, 0.25) is 0 Å². The first-order chi connectivity index (χ1) is 15.1. The highest BCUT2D eigenvalue weighted by atomic mass is 16.6. The van der Waals surface area contributed by atoms with Crippen LogP contribution in [0.4, 0.5) is 4.79 Å². The first kappa shape index (κ1) is 20.3. The van der Waals surface area contributed by atoms with Crippen molar-refractivity contribution in [3.05, 3.63) is 71.3 Å². The maximum atomic E-state index is 13.2. The molecule has 1 aliphatic carbocycles. The van der Waals surface area contributed by atoms with Gasteiger partial charge in [-0.25, -0.2) is 4.79 Å². The predicted molar refractivity (Wildman–Crippen MR) is 122 cm³/mol. The smallest absolute Gasteiger partial charge is 0.410 e. The molecule has 0 aromatic heterocycles. The Hall–Kier alpha value is -2.59. The molecule has 2 heterocycles. The molecule has 0 spiro atoms. The highest BCUT2D eigenvalue weighted by Gasteiger charge is 2.39. The van der Waals surface area contributed by atoms with Crippen LogP contribution in [0, 0.1) is 5.92 Å². The van der Waals surface area contributed by atoms with Gasteiger partial charge in [-0.2, -0.15) is 0 Å². The lowest BCUT2D eigenvalue weighted by atomic mass is 9.90. The molecule has 1 saturated heterocycles. The van der Waals surface area contributed by atoms with E-state index in [4.69, 9.17) is 9.47 Å². The van der Waals surface area contributed by atoms with Crippen LogP contribution in [0.1, 0.15) is 50.2 Å². The summed E-state index contributed by atoms with van der Waals surface area (Å²) in [5, 5.41) is 0. The van der Waals surface area contributed by atoms with Crippen LogP contribution in [0.5, 0.6) is 0 Å². The molecule has 3 aliphatic rings. The van der Waals surface area contributed by atoms with Gasteiger partial charge < -0.3 is 9.47 Å². The molecule has 1 amide bonds. The molecule has 2 aromatic rings. The summed E-state index contributed by atoms with van der Waals surface area (Å²) in [5.74, 6) is 0.784. The second-order valence-corrected chi connectivity index (χ2v) is 9.43. The summed E-state index contributed by atoms with van der Waals surface area (Å²) in [5.41, 5.74) is 6.46. The van der Waals surface area contributed by atoms with Crippen molar-refractivity contribution in [3.63, 3.8) is 0 Å². The monoisotopic (exact) mass is 417 g/mol. The zero-order valence-electron chi connectivity index (χ0n) is 18.4. The Labute approximate surface area is 184 Å². The second kappa shape index (κ2) is 8.51. The fourth-order valence-corrected chi connectivity index (χ4v) is 5.30. The van der Waals surface area contributed by atoms with Gasteiger partial charge in [-0.3, -0.25) is 4.90 Å². The third kappa shape index (κ3) is 3.89. The molecule has 4 heteroatoms. The molecule has 1 fully saturated rings. The number of nitrogens with zero attached hydrogens (tertiary/aromatic N) is 1. The number of carbonyl (C=O) groups is 1. The van der Waals surface area contributed by atoms with Crippen molar-refractivity contribution in [3.8, 4) is 11.1 Å². The van der Waals surface area contributed by atoms with E-state index < -0.39 is 0 Å². The van der Waals surface area contributed by atoms with Crippen LogP contribution in [0.15, 0.2) is 60.2 Å². The topological polar surface area (TPSA) is 38.8 Å². The number of carbonyl (C=O) groups excluding carboxylic acids is 1. The van der Waals surface area contributed by atoms with Crippen molar-refractivity contribution in [1.29, 1.82) is 0 Å².